The molecule has 0 unspecified atom stereocenters. The van der Waals surface area contributed by atoms with Gasteiger partial charge in [0.2, 0.25) is 6.08 Å². The van der Waals surface area contributed by atoms with Gasteiger partial charge in [-0.2, -0.15) is 0 Å². The minimum atomic E-state index is 0.241. The Balaban J connectivity index is 3.53. The summed E-state index contributed by atoms with van der Waals surface area (Å²) in [6.45, 7) is 4.49. The van der Waals surface area contributed by atoms with Gasteiger partial charge in [-0.3, -0.25) is 0 Å². The summed E-state index contributed by atoms with van der Waals surface area (Å²) in [6, 6.07) is 0.241. The summed E-state index contributed by atoms with van der Waals surface area (Å²) in [5, 5.41) is 0. The van der Waals surface area contributed by atoms with Crippen molar-refractivity contribution in [1.82, 2.24) is 0 Å². The zero-order chi connectivity index (χ0) is 14.9. The van der Waals surface area contributed by atoms with Crippen molar-refractivity contribution in [2.24, 2.45) is 4.99 Å². The molecule has 2 heteroatoms. The maximum absolute atomic E-state index is 10.5. The lowest BCUT2D eigenvalue weighted by Crippen LogP contribution is -2.04. The number of unbranched alkanes of at least 4 members (excludes halogenated alkanes) is 10. The lowest BCUT2D eigenvalue weighted by Gasteiger charge is -2.10. The molecule has 0 aliphatic carbocycles. The quantitative estimate of drug-likeness (QED) is 0.200. The molecule has 0 aromatic carbocycles. The number of carbonyl (C=O) groups excluding carboxylic acids is 1. The molecular formula is C18H35NO. The largest absolute Gasteiger partial charge is 0.235 e. The van der Waals surface area contributed by atoms with E-state index in [-0.39, 0.29) is 6.04 Å². The van der Waals surface area contributed by atoms with Gasteiger partial charge in [-0.05, 0) is 12.8 Å². The maximum Gasteiger partial charge on any atom is 0.235 e. The predicted octanol–water partition coefficient (Wildman–Crippen LogP) is 6.19. The minimum absolute atomic E-state index is 0.241. The van der Waals surface area contributed by atoms with Gasteiger partial charge < -0.3 is 0 Å². The zero-order valence-corrected chi connectivity index (χ0v) is 13.8. The summed E-state index contributed by atoms with van der Waals surface area (Å²) in [6.07, 6.45) is 19.6. The van der Waals surface area contributed by atoms with Gasteiger partial charge in [0.05, 0.1) is 6.04 Å². The van der Waals surface area contributed by atoms with Crippen molar-refractivity contribution in [2.75, 3.05) is 0 Å². The number of isocyanates is 1. The molecule has 0 heterocycles. The average Bonchev–Trinajstić information content (AvgIpc) is 2.46. The van der Waals surface area contributed by atoms with Crippen LogP contribution in [0, 0.1) is 0 Å². The van der Waals surface area contributed by atoms with Crippen LogP contribution in [0.3, 0.4) is 0 Å². The monoisotopic (exact) mass is 281 g/mol. The molecule has 0 amide bonds. The Kier molecular flexibility index (Phi) is 15.9. The van der Waals surface area contributed by atoms with E-state index >= 15 is 0 Å². The molecule has 0 aromatic heterocycles. The van der Waals surface area contributed by atoms with Crippen molar-refractivity contribution in [3.63, 3.8) is 0 Å². The molecule has 2 nitrogen and oxygen atoms in total. The lowest BCUT2D eigenvalue weighted by molar-refractivity contribution is 0.479. The molecule has 0 radical (unpaired) electrons. The third-order valence-corrected chi connectivity index (χ3v) is 4.02. The van der Waals surface area contributed by atoms with Crippen molar-refractivity contribution in [1.29, 1.82) is 0 Å². The van der Waals surface area contributed by atoms with Crippen molar-refractivity contribution < 1.29 is 4.79 Å². The Morgan fingerprint density at radius 3 is 1.50 bits per heavy atom. The Morgan fingerprint density at radius 1 is 0.700 bits per heavy atom. The molecule has 0 rings (SSSR count). The van der Waals surface area contributed by atoms with Crippen LogP contribution in [-0.4, -0.2) is 12.1 Å². The summed E-state index contributed by atoms with van der Waals surface area (Å²) >= 11 is 0. The van der Waals surface area contributed by atoms with E-state index in [0.717, 1.165) is 12.8 Å². The third-order valence-electron chi connectivity index (χ3n) is 4.02. The highest BCUT2D eigenvalue weighted by atomic mass is 16.1. The summed E-state index contributed by atoms with van der Waals surface area (Å²) in [7, 11) is 0. The van der Waals surface area contributed by atoms with E-state index < -0.39 is 0 Å². The van der Waals surface area contributed by atoms with Gasteiger partial charge in [0.15, 0.2) is 0 Å². The number of hydrogen-bond donors (Lipinski definition) is 0. The highest BCUT2D eigenvalue weighted by Crippen LogP contribution is 2.16. The van der Waals surface area contributed by atoms with Gasteiger partial charge in [0.25, 0.3) is 0 Å². The van der Waals surface area contributed by atoms with Crippen molar-refractivity contribution >= 4 is 6.08 Å². The SMILES string of the molecule is CCCCCCCCC(CCCCCCCC)N=C=O. The van der Waals surface area contributed by atoms with Gasteiger partial charge in [0.1, 0.15) is 0 Å². The molecule has 0 bridgehead atoms. The first-order valence-corrected chi connectivity index (χ1v) is 8.92. The zero-order valence-electron chi connectivity index (χ0n) is 13.8. The molecule has 0 saturated heterocycles. The fourth-order valence-corrected chi connectivity index (χ4v) is 2.67. The number of aliphatic imine (C=N–C) groups is 1. The summed E-state index contributed by atoms with van der Waals surface area (Å²) in [5.41, 5.74) is 0. The van der Waals surface area contributed by atoms with Crippen LogP contribution in [0.4, 0.5) is 0 Å². The first kappa shape index (κ1) is 19.4. The smallest absolute Gasteiger partial charge is 0.211 e. The number of hydrogen-bond acceptors (Lipinski definition) is 2. The minimum Gasteiger partial charge on any atom is -0.211 e. The topological polar surface area (TPSA) is 29.4 Å². The first-order valence-electron chi connectivity index (χ1n) is 8.92. The van der Waals surface area contributed by atoms with Gasteiger partial charge >= 0.3 is 0 Å². The van der Waals surface area contributed by atoms with Gasteiger partial charge in [-0.1, -0.05) is 90.9 Å². The summed E-state index contributed by atoms with van der Waals surface area (Å²) in [5.74, 6) is 0. The van der Waals surface area contributed by atoms with Crippen LogP contribution in [-0.2, 0) is 4.79 Å². The van der Waals surface area contributed by atoms with Crippen LogP contribution in [0.1, 0.15) is 104 Å². The molecule has 0 aromatic rings. The second-order valence-electron chi connectivity index (χ2n) is 5.99. The number of nitrogens with zero attached hydrogens (tertiary/aromatic N) is 1. The standard InChI is InChI=1S/C18H35NO/c1-3-5-7-9-11-13-15-18(19-17-20)16-14-12-10-8-6-4-2/h18H,3-16H2,1-2H3. The highest BCUT2D eigenvalue weighted by Gasteiger charge is 2.06. The van der Waals surface area contributed by atoms with E-state index in [1.165, 1.54) is 77.0 Å². The molecular weight excluding hydrogens is 246 g/mol. The molecule has 0 fully saturated rings. The van der Waals surface area contributed by atoms with E-state index in [0.29, 0.717) is 0 Å². The Morgan fingerprint density at radius 2 is 1.10 bits per heavy atom. The van der Waals surface area contributed by atoms with E-state index in [4.69, 9.17) is 0 Å². The van der Waals surface area contributed by atoms with E-state index in [1.807, 2.05) is 0 Å². The summed E-state index contributed by atoms with van der Waals surface area (Å²) in [4.78, 5) is 14.5. The van der Waals surface area contributed by atoms with Crippen molar-refractivity contribution in [2.45, 2.75) is 110 Å². The van der Waals surface area contributed by atoms with Crippen LogP contribution in [0.5, 0.6) is 0 Å². The predicted molar refractivity (Wildman–Crippen MR) is 87.9 cm³/mol. The van der Waals surface area contributed by atoms with Gasteiger partial charge in [-0.15, -0.1) is 0 Å². The van der Waals surface area contributed by atoms with Crippen LogP contribution in [0.25, 0.3) is 0 Å². The molecule has 0 aliphatic rings. The summed E-state index contributed by atoms with van der Waals surface area (Å²) < 4.78 is 0. The van der Waals surface area contributed by atoms with Crippen molar-refractivity contribution in [3.8, 4) is 0 Å². The molecule has 0 aliphatic heterocycles. The van der Waals surface area contributed by atoms with Crippen molar-refractivity contribution in [3.05, 3.63) is 0 Å². The van der Waals surface area contributed by atoms with E-state index in [9.17, 15) is 4.79 Å². The molecule has 20 heavy (non-hydrogen) atoms. The van der Waals surface area contributed by atoms with Crippen LogP contribution in [0.2, 0.25) is 0 Å². The van der Waals surface area contributed by atoms with Gasteiger partial charge in [0, 0.05) is 0 Å². The van der Waals surface area contributed by atoms with Crippen LogP contribution >= 0.6 is 0 Å². The first-order chi connectivity index (χ1) is 9.85. The second kappa shape index (κ2) is 16.4. The lowest BCUT2D eigenvalue weighted by atomic mass is 10.0. The Labute approximate surface area is 126 Å². The van der Waals surface area contributed by atoms with E-state index in [1.54, 1.807) is 6.08 Å². The molecule has 118 valence electrons. The third kappa shape index (κ3) is 13.8. The fraction of sp³-hybridized carbons (Fsp3) is 0.944. The second-order valence-corrected chi connectivity index (χ2v) is 5.99. The number of rotatable bonds is 15. The molecule has 0 N–H and O–H groups in total. The Hall–Kier alpha value is -0.620. The molecule has 0 atom stereocenters. The fourth-order valence-electron chi connectivity index (χ4n) is 2.67. The maximum atomic E-state index is 10.5. The van der Waals surface area contributed by atoms with E-state index in [2.05, 4.69) is 18.8 Å². The highest BCUT2D eigenvalue weighted by molar-refractivity contribution is 5.33. The average molecular weight is 281 g/mol. The molecule has 0 spiro atoms. The normalized spacial score (nSPS) is 10.8. The molecule has 0 saturated carbocycles. The van der Waals surface area contributed by atoms with Crippen LogP contribution < -0.4 is 0 Å². The Bertz CT molecular complexity index is 218. The van der Waals surface area contributed by atoms with Crippen LogP contribution in [0.15, 0.2) is 4.99 Å². The van der Waals surface area contributed by atoms with Gasteiger partial charge in [-0.25, -0.2) is 9.79 Å².